The molecule has 2 aromatic carbocycles. The number of nitrogens with one attached hydrogen (secondary N) is 1. The number of likely N-dealkylation sites (tertiary alicyclic amines) is 3. The van der Waals surface area contributed by atoms with Gasteiger partial charge in [0.25, 0.3) is 0 Å². The van der Waals surface area contributed by atoms with E-state index >= 15 is 0 Å². The van der Waals surface area contributed by atoms with E-state index in [9.17, 15) is 14.4 Å². The lowest BCUT2D eigenvalue weighted by atomic mass is 9.77. The van der Waals surface area contributed by atoms with E-state index < -0.39 is 11.8 Å². The van der Waals surface area contributed by atoms with Crippen LogP contribution in [0.2, 0.25) is 0 Å². The summed E-state index contributed by atoms with van der Waals surface area (Å²) in [4.78, 5) is 48.5. The first kappa shape index (κ1) is 31.4. The third kappa shape index (κ3) is 6.82. The molecular formula is C35H48N6O4. The number of para-hydroxylation sites is 1. The standard InChI is InChI=1S/C35H48N6O4/c1-38-17-10-27(11-18-38)28-12-19-39(20-13-28)35(16-23-42)24-31(40-21-14-29-4-2-3-5-32(29)37-33(40)43)15-22-41(35)34(44)45-25-26-6-8-30(36)9-7-26/h2-9,23,27-28,31H,10-22,24-25,36H2,1H3,(H,37,43)/t31-,35+/m1/s1. The Morgan fingerprint density at radius 1 is 0.956 bits per heavy atom. The fourth-order valence-electron chi connectivity index (χ4n) is 8.22. The molecule has 0 bridgehead atoms. The van der Waals surface area contributed by atoms with E-state index in [4.69, 9.17) is 10.5 Å². The Morgan fingerprint density at radius 3 is 2.36 bits per heavy atom. The molecule has 0 aliphatic carbocycles. The lowest BCUT2D eigenvalue weighted by Crippen LogP contribution is -2.69. The summed E-state index contributed by atoms with van der Waals surface area (Å²) in [5.41, 5.74) is 8.46. The molecular weight excluding hydrogens is 568 g/mol. The van der Waals surface area contributed by atoms with Crippen LogP contribution in [0.3, 0.4) is 0 Å². The molecule has 0 spiro atoms. The number of hydrogen-bond donors (Lipinski definition) is 2. The van der Waals surface area contributed by atoms with Crippen molar-refractivity contribution in [3.63, 3.8) is 0 Å². The van der Waals surface area contributed by atoms with Gasteiger partial charge in [0.05, 0.1) is 0 Å². The van der Waals surface area contributed by atoms with E-state index in [-0.39, 0.29) is 25.1 Å². The predicted octanol–water partition coefficient (Wildman–Crippen LogP) is 4.80. The molecule has 0 aromatic heterocycles. The van der Waals surface area contributed by atoms with Gasteiger partial charge in [-0.25, -0.2) is 9.59 Å². The smallest absolute Gasteiger partial charge is 0.411 e. The van der Waals surface area contributed by atoms with Crippen molar-refractivity contribution in [2.45, 2.75) is 69.7 Å². The average molecular weight is 617 g/mol. The Balaban J connectivity index is 1.23. The molecule has 0 radical (unpaired) electrons. The van der Waals surface area contributed by atoms with E-state index in [0.29, 0.717) is 37.5 Å². The summed E-state index contributed by atoms with van der Waals surface area (Å²) >= 11 is 0. The van der Waals surface area contributed by atoms with Crippen LogP contribution in [0.5, 0.6) is 0 Å². The zero-order valence-electron chi connectivity index (χ0n) is 26.5. The second-order valence-corrected chi connectivity index (χ2v) is 13.4. The number of benzene rings is 2. The second-order valence-electron chi connectivity index (χ2n) is 13.4. The number of ether oxygens (including phenoxy) is 1. The number of carbonyl (C=O) groups excluding carboxylic acids is 3. The molecule has 4 heterocycles. The average Bonchev–Trinajstić information content (AvgIpc) is 3.23. The van der Waals surface area contributed by atoms with Gasteiger partial charge in [0.15, 0.2) is 0 Å². The van der Waals surface area contributed by atoms with Gasteiger partial charge in [-0.3, -0.25) is 9.80 Å². The summed E-state index contributed by atoms with van der Waals surface area (Å²) in [5.74, 6) is 1.39. The van der Waals surface area contributed by atoms with Crippen LogP contribution in [-0.2, 0) is 22.6 Å². The number of nitrogen functional groups attached to an aromatic ring is 1. The Kier molecular flexibility index (Phi) is 9.61. The number of anilines is 2. The first-order valence-corrected chi connectivity index (χ1v) is 16.7. The van der Waals surface area contributed by atoms with Gasteiger partial charge in [-0.15, -0.1) is 0 Å². The number of aldehydes is 1. The Hall–Kier alpha value is -3.63. The van der Waals surface area contributed by atoms with Crippen molar-refractivity contribution >= 4 is 29.8 Å². The number of carbonyl (C=O) groups is 3. The summed E-state index contributed by atoms with van der Waals surface area (Å²) in [6.07, 6.45) is 7.15. The van der Waals surface area contributed by atoms with Gasteiger partial charge < -0.3 is 30.4 Å². The van der Waals surface area contributed by atoms with Gasteiger partial charge in [0, 0.05) is 56.4 Å². The van der Waals surface area contributed by atoms with Crippen LogP contribution < -0.4 is 11.1 Å². The van der Waals surface area contributed by atoms with E-state index in [1.165, 1.54) is 12.8 Å². The molecule has 0 unspecified atom stereocenters. The van der Waals surface area contributed by atoms with Gasteiger partial charge in [0.1, 0.15) is 18.6 Å². The number of rotatable bonds is 7. The van der Waals surface area contributed by atoms with Crippen molar-refractivity contribution in [2.75, 3.05) is 57.4 Å². The van der Waals surface area contributed by atoms with Crippen molar-refractivity contribution in [1.82, 2.24) is 19.6 Å². The number of amides is 3. The van der Waals surface area contributed by atoms with Crippen molar-refractivity contribution < 1.29 is 19.1 Å². The third-order valence-electron chi connectivity index (χ3n) is 10.9. The summed E-state index contributed by atoms with van der Waals surface area (Å²) in [6, 6.07) is 15.0. The van der Waals surface area contributed by atoms with Crippen LogP contribution in [0.15, 0.2) is 48.5 Å². The minimum Gasteiger partial charge on any atom is -0.445 e. The number of urea groups is 1. The van der Waals surface area contributed by atoms with Crippen molar-refractivity contribution in [1.29, 1.82) is 0 Å². The molecule has 242 valence electrons. The molecule has 2 aromatic rings. The summed E-state index contributed by atoms with van der Waals surface area (Å²) < 4.78 is 5.90. The number of fused-ring (bicyclic) bond motifs is 1. The maximum Gasteiger partial charge on any atom is 0.411 e. The number of piperidine rings is 3. The van der Waals surface area contributed by atoms with Crippen LogP contribution in [0.1, 0.15) is 56.1 Å². The highest BCUT2D eigenvalue weighted by Gasteiger charge is 2.52. The maximum absolute atomic E-state index is 13.9. The SMILES string of the molecule is CN1CCC(C2CCN([C@]3(CC=O)C[C@H](N4CCc5ccccc5NC4=O)CCN3C(=O)OCc3ccc(N)cc3)CC2)CC1. The van der Waals surface area contributed by atoms with Gasteiger partial charge in [-0.1, -0.05) is 30.3 Å². The Bertz CT molecular complexity index is 1340. The van der Waals surface area contributed by atoms with Crippen molar-refractivity contribution in [2.24, 2.45) is 11.8 Å². The Labute approximate surface area is 266 Å². The van der Waals surface area contributed by atoms with Gasteiger partial charge in [0.2, 0.25) is 0 Å². The van der Waals surface area contributed by atoms with E-state index in [2.05, 4.69) is 28.2 Å². The fourth-order valence-corrected chi connectivity index (χ4v) is 8.22. The molecule has 3 fully saturated rings. The molecule has 0 saturated carbocycles. The van der Waals surface area contributed by atoms with Crippen LogP contribution in [0.4, 0.5) is 21.0 Å². The fraction of sp³-hybridized carbons (Fsp3) is 0.571. The molecule has 10 heteroatoms. The summed E-state index contributed by atoms with van der Waals surface area (Å²) in [7, 11) is 2.20. The number of hydrogen-bond acceptors (Lipinski definition) is 7. The second kappa shape index (κ2) is 13.8. The normalized spacial score (nSPS) is 25.7. The lowest BCUT2D eigenvalue weighted by Gasteiger charge is -2.57. The van der Waals surface area contributed by atoms with Gasteiger partial charge in [-0.05, 0) is 99.8 Å². The molecule has 6 rings (SSSR count). The minimum atomic E-state index is -0.861. The maximum atomic E-state index is 13.9. The molecule has 3 saturated heterocycles. The largest absolute Gasteiger partial charge is 0.445 e. The van der Waals surface area contributed by atoms with Gasteiger partial charge in [-0.2, -0.15) is 0 Å². The first-order valence-electron chi connectivity index (χ1n) is 16.7. The lowest BCUT2D eigenvalue weighted by molar-refractivity contribution is -0.129. The summed E-state index contributed by atoms with van der Waals surface area (Å²) in [6.45, 7) is 5.05. The van der Waals surface area contributed by atoms with Crippen LogP contribution in [-0.4, -0.2) is 96.0 Å². The van der Waals surface area contributed by atoms with Crippen LogP contribution in [0.25, 0.3) is 0 Å². The molecule has 4 aliphatic heterocycles. The minimum absolute atomic E-state index is 0.119. The van der Waals surface area contributed by atoms with Gasteiger partial charge >= 0.3 is 12.1 Å². The molecule has 45 heavy (non-hydrogen) atoms. The highest BCUT2D eigenvalue weighted by Crippen LogP contribution is 2.42. The van der Waals surface area contributed by atoms with Crippen LogP contribution >= 0.6 is 0 Å². The van der Waals surface area contributed by atoms with E-state index in [1.54, 1.807) is 17.0 Å². The zero-order valence-corrected chi connectivity index (χ0v) is 26.5. The molecule has 2 atom stereocenters. The quantitative estimate of drug-likeness (QED) is 0.340. The molecule has 3 N–H and O–H groups in total. The highest BCUT2D eigenvalue weighted by atomic mass is 16.6. The molecule has 3 amide bonds. The van der Waals surface area contributed by atoms with E-state index in [0.717, 1.165) is 74.5 Å². The summed E-state index contributed by atoms with van der Waals surface area (Å²) in [5, 5.41) is 3.12. The molecule has 4 aliphatic rings. The number of nitrogens with two attached hydrogens (primary N) is 1. The third-order valence-corrected chi connectivity index (χ3v) is 10.9. The predicted molar refractivity (Wildman–Crippen MR) is 175 cm³/mol. The number of nitrogens with zero attached hydrogens (tertiary/aromatic N) is 4. The molecule has 10 nitrogen and oxygen atoms in total. The first-order chi connectivity index (χ1) is 21.9. The monoisotopic (exact) mass is 616 g/mol. The van der Waals surface area contributed by atoms with E-state index in [1.807, 2.05) is 35.2 Å². The van der Waals surface area contributed by atoms with Crippen molar-refractivity contribution in [3.8, 4) is 0 Å². The highest BCUT2D eigenvalue weighted by molar-refractivity contribution is 5.91. The van der Waals surface area contributed by atoms with Crippen molar-refractivity contribution in [3.05, 3.63) is 59.7 Å². The topological polar surface area (TPSA) is 111 Å². The Morgan fingerprint density at radius 2 is 1.64 bits per heavy atom. The van der Waals surface area contributed by atoms with Crippen LogP contribution in [0, 0.1) is 11.8 Å². The zero-order chi connectivity index (χ0) is 31.4.